The number of ether oxygens (including phenoxy) is 3. The minimum atomic E-state index is -4.44. The fourth-order valence-electron chi connectivity index (χ4n) is 2.03. The molecular formula is C17H15F3O4. The number of hydrogen-bond donors (Lipinski definition) is 0. The van der Waals surface area contributed by atoms with Gasteiger partial charge in [0.05, 0.1) is 25.3 Å². The van der Waals surface area contributed by atoms with Gasteiger partial charge < -0.3 is 14.2 Å². The molecular weight excluding hydrogens is 325 g/mol. The van der Waals surface area contributed by atoms with Crippen LogP contribution in [0.5, 0.6) is 11.5 Å². The molecule has 2 rings (SSSR count). The van der Waals surface area contributed by atoms with Gasteiger partial charge in [-0.15, -0.1) is 0 Å². The van der Waals surface area contributed by atoms with Gasteiger partial charge in [-0.25, -0.2) is 4.79 Å². The number of alkyl halides is 3. The maximum atomic E-state index is 12.7. The van der Waals surface area contributed by atoms with Crippen LogP contribution in [0.4, 0.5) is 13.2 Å². The van der Waals surface area contributed by atoms with Crippen LogP contribution in [0.25, 0.3) is 0 Å². The topological polar surface area (TPSA) is 44.8 Å². The lowest BCUT2D eigenvalue weighted by atomic mass is 10.1. The zero-order chi connectivity index (χ0) is 17.7. The van der Waals surface area contributed by atoms with Crippen LogP contribution in [-0.2, 0) is 17.5 Å². The summed E-state index contributed by atoms with van der Waals surface area (Å²) < 4.78 is 53.2. The van der Waals surface area contributed by atoms with E-state index in [-0.39, 0.29) is 17.7 Å². The summed E-state index contributed by atoms with van der Waals surface area (Å²) in [5.41, 5.74) is -0.333. The highest BCUT2D eigenvalue weighted by atomic mass is 19.4. The Kier molecular flexibility index (Phi) is 5.33. The Hall–Kier alpha value is -2.70. The lowest BCUT2D eigenvalue weighted by Crippen LogP contribution is -2.08. The number of carbonyl (C=O) groups excluding carboxylic acids is 1. The first kappa shape index (κ1) is 17.7. The molecule has 0 amide bonds. The molecule has 128 valence electrons. The molecule has 0 heterocycles. The average Bonchev–Trinajstić information content (AvgIpc) is 2.58. The summed E-state index contributed by atoms with van der Waals surface area (Å²) in [6, 6.07) is 9.09. The predicted molar refractivity (Wildman–Crippen MR) is 80.1 cm³/mol. The Balaban J connectivity index is 2.08. The molecule has 0 aromatic heterocycles. The second-order valence-electron chi connectivity index (χ2n) is 4.84. The smallest absolute Gasteiger partial charge is 0.416 e. The highest BCUT2D eigenvalue weighted by molar-refractivity contribution is 5.90. The first-order chi connectivity index (χ1) is 11.3. The van der Waals surface area contributed by atoms with Gasteiger partial charge in [-0.05, 0) is 35.9 Å². The highest BCUT2D eigenvalue weighted by Crippen LogP contribution is 2.30. The zero-order valence-corrected chi connectivity index (χ0v) is 13.0. The van der Waals surface area contributed by atoms with Crippen LogP contribution < -0.4 is 9.47 Å². The summed E-state index contributed by atoms with van der Waals surface area (Å²) in [6.45, 7) is -0.267. The summed E-state index contributed by atoms with van der Waals surface area (Å²) in [4.78, 5) is 12.0. The molecule has 0 bridgehead atoms. The van der Waals surface area contributed by atoms with E-state index in [1.54, 1.807) is 6.07 Å². The van der Waals surface area contributed by atoms with Crippen molar-refractivity contribution < 1.29 is 32.2 Å². The largest absolute Gasteiger partial charge is 0.493 e. The Bertz CT molecular complexity index is 726. The lowest BCUT2D eigenvalue weighted by molar-refractivity contribution is -0.137. The Labute approximate surface area is 136 Å². The van der Waals surface area contributed by atoms with Crippen LogP contribution in [0.2, 0.25) is 0 Å². The van der Waals surface area contributed by atoms with E-state index < -0.39 is 17.7 Å². The van der Waals surface area contributed by atoms with Crippen LogP contribution in [0, 0.1) is 0 Å². The van der Waals surface area contributed by atoms with E-state index in [9.17, 15) is 18.0 Å². The van der Waals surface area contributed by atoms with Crippen molar-refractivity contribution in [3.63, 3.8) is 0 Å². The molecule has 0 aliphatic carbocycles. The molecule has 0 spiro atoms. The first-order valence-electron chi connectivity index (χ1n) is 6.90. The molecule has 2 aromatic carbocycles. The molecule has 4 nitrogen and oxygen atoms in total. The standard InChI is InChI=1S/C17H15F3O4/c1-22-14-7-6-12(9-15(14)23-2)16(21)24-10-11-4-3-5-13(8-11)17(18,19)20/h3-9H,10H2,1-2H3. The number of carbonyl (C=O) groups is 1. The van der Waals surface area contributed by atoms with E-state index in [0.29, 0.717) is 11.5 Å². The van der Waals surface area contributed by atoms with Gasteiger partial charge >= 0.3 is 12.1 Å². The quantitative estimate of drug-likeness (QED) is 0.770. The molecule has 0 aliphatic heterocycles. The van der Waals surface area contributed by atoms with Crippen molar-refractivity contribution in [3.8, 4) is 11.5 Å². The van der Waals surface area contributed by atoms with Gasteiger partial charge in [-0.3, -0.25) is 0 Å². The Morgan fingerprint density at radius 1 is 1.00 bits per heavy atom. The summed E-state index contributed by atoms with van der Waals surface area (Å²) in [6.07, 6.45) is -4.44. The normalized spacial score (nSPS) is 11.0. The molecule has 2 aromatic rings. The van der Waals surface area contributed by atoms with Crippen LogP contribution in [0.15, 0.2) is 42.5 Å². The summed E-state index contributed by atoms with van der Waals surface area (Å²) >= 11 is 0. The number of rotatable bonds is 5. The predicted octanol–water partition coefficient (Wildman–Crippen LogP) is 4.08. The third-order valence-electron chi connectivity index (χ3n) is 3.24. The van der Waals surface area contributed by atoms with E-state index in [1.165, 1.54) is 38.5 Å². The monoisotopic (exact) mass is 340 g/mol. The Morgan fingerprint density at radius 2 is 1.71 bits per heavy atom. The number of hydrogen-bond acceptors (Lipinski definition) is 4. The molecule has 0 saturated heterocycles. The van der Waals surface area contributed by atoms with Crippen molar-refractivity contribution in [2.75, 3.05) is 14.2 Å². The zero-order valence-electron chi connectivity index (χ0n) is 13.0. The van der Waals surface area contributed by atoms with Crippen LogP contribution >= 0.6 is 0 Å². The Morgan fingerprint density at radius 3 is 2.33 bits per heavy atom. The first-order valence-corrected chi connectivity index (χ1v) is 6.90. The lowest BCUT2D eigenvalue weighted by Gasteiger charge is -2.11. The molecule has 24 heavy (non-hydrogen) atoms. The van der Waals surface area contributed by atoms with Gasteiger partial charge in [0.1, 0.15) is 6.61 Å². The van der Waals surface area contributed by atoms with Crippen LogP contribution in [0.1, 0.15) is 21.5 Å². The molecule has 0 radical (unpaired) electrons. The molecule has 7 heteroatoms. The fraction of sp³-hybridized carbons (Fsp3) is 0.235. The summed E-state index contributed by atoms with van der Waals surface area (Å²) in [7, 11) is 2.89. The van der Waals surface area contributed by atoms with Gasteiger partial charge in [-0.2, -0.15) is 13.2 Å². The van der Waals surface area contributed by atoms with E-state index >= 15 is 0 Å². The molecule has 0 unspecified atom stereocenters. The van der Waals surface area contributed by atoms with E-state index in [4.69, 9.17) is 14.2 Å². The molecule has 0 atom stereocenters. The SMILES string of the molecule is COc1ccc(C(=O)OCc2cccc(C(F)(F)F)c2)cc1OC. The van der Waals surface area contributed by atoms with E-state index in [0.717, 1.165) is 12.1 Å². The van der Waals surface area contributed by atoms with Gasteiger partial charge in [0.25, 0.3) is 0 Å². The summed E-state index contributed by atoms with van der Waals surface area (Å²) in [5.74, 6) is 0.131. The van der Waals surface area contributed by atoms with Gasteiger partial charge in [0.15, 0.2) is 11.5 Å². The summed E-state index contributed by atoms with van der Waals surface area (Å²) in [5, 5.41) is 0. The maximum absolute atomic E-state index is 12.7. The number of methoxy groups -OCH3 is 2. The van der Waals surface area contributed by atoms with Gasteiger partial charge in [0.2, 0.25) is 0 Å². The van der Waals surface area contributed by atoms with Crippen molar-refractivity contribution in [2.45, 2.75) is 12.8 Å². The molecule has 0 N–H and O–H groups in total. The van der Waals surface area contributed by atoms with Crippen molar-refractivity contribution in [2.24, 2.45) is 0 Å². The molecule has 0 saturated carbocycles. The van der Waals surface area contributed by atoms with Crippen molar-refractivity contribution >= 4 is 5.97 Å². The van der Waals surface area contributed by atoms with Crippen LogP contribution in [-0.4, -0.2) is 20.2 Å². The molecule has 0 fully saturated rings. The highest BCUT2D eigenvalue weighted by Gasteiger charge is 2.30. The van der Waals surface area contributed by atoms with Crippen molar-refractivity contribution in [1.29, 1.82) is 0 Å². The van der Waals surface area contributed by atoms with E-state index in [1.807, 2.05) is 0 Å². The van der Waals surface area contributed by atoms with Crippen molar-refractivity contribution in [1.82, 2.24) is 0 Å². The van der Waals surface area contributed by atoms with Crippen LogP contribution in [0.3, 0.4) is 0 Å². The number of benzene rings is 2. The van der Waals surface area contributed by atoms with Gasteiger partial charge in [-0.1, -0.05) is 12.1 Å². The second kappa shape index (κ2) is 7.25. The van der Waals surface area contributed by atoms with E-state index in [2.05, 4.69) is 0 Å². The average molecular weight is 340 g/mol. The minimum Gasteiger partial charge on any atom is -0.493 e. The van der Waals surface area contributed by atoms with Gasteiger partial charge in [0, 0.05) is 0 Å². The third kappa shape index (κ3) is 4.18. The fourth-order valence-corrected chi connectivity index (χ4v) is 2.03. The minimum absolute atomic E-state index is 0.208. The molecule has 0 aliphatic rings. The maximum Gasteiger partial charge on any atom is 0.416 e. The number of esters is 1. The second-order valence-corrected chi connectivity index (χ2v) is 4.84. The number of halogens is 3. The van der Waals surface area contributed by atoms with Crippen molar-refractivity contribution in [3.05, 3.63) is 59.2 Å². The third-order valence-corrected chi connectivity index (χ3v) is 3.24.